The van der Waals surface area contributed by atoms with E-state index >= 15 is 0 Å². The first-order valence-electron chi connectivity index (χ1n) is 9.14. The van der Waals surface area contributed by atoms with Crippen molar-refractivity contribution in [3.63, 3.8) is 0 Å². The van der Waals surface area contributed by atoms with Crippen molar-refractivity contribution in [2.45, 2.75) is 82.1 Å². The first-order valence-corrected chi connectivity index (χ1v) is 12.1. The van der Waals surface area contributed by atoms with Crippen molar-refractivity contribution in [1.29, 1.82) is 0 Å². The lowest BCUT2D eigenvalue weighted by atomic mass is 9.97. The van der Waals surface area contributed by atoms with Gasteiger partial charge in [-0.1, -0.05) is 39.0 Å². The van der Waals surface area contributed by atoms with E-state index in [0.29, 0.717) is 11.3 Å². The van der Waals surface area contributed by atoms with Gasteiger partial charge in [-0.3, -0.25) is 0 Å². The quantitative estimate of drug-likeness (QED) is 0.279. The molecule has 30 heavy (non-hydrogen) atoms. The van der Waals surface area contributed by atoms with Gasteiger partial charge in [0.25, 0.3) is 0 Å². The van der Waals surface area contributed by atoms with E-state index < -0.39 is 45.1 Å². The van der Waals surface area contributed by atoms with Gasteiger partial charge in [-0.05, 0) is 42.6 Å². The fourth-order valence-electron chi connectivity index (χ4n) is 2.30. The first-order chi connectivity index (χ1) is 13.2. The van der Waals surface area contributed by atoms with E-state index in [0.717, 1.165) is 0 Å². The lowest BCUT2D eigenvalue weighted by Gasteiger charge is -2.37. The molecular formula is C19H25F9OSi. The Hall–Kier alpha value is -1.39. The van der Waals surface area contributed by atoms with E-state index in [4.69, 9.17) is 4.43 Å². The molecule has 0 aliphatic rings. The Labute approximate surface area is 170 Å². The van der Waals surface area contributed by atoms with Crippen molar-refractivity contribution < 1.29 is 43.9 Å². The molecule has 0 saturated carbocycles. The summed E-state index contributed by atoms with van der Waals surface area (Å²) >= 11 is 0. The predicted octanol–water partition coefficient (Wildman–Crippen LogP) is 7.86. The molecule has 0 heterocycles. The van der Waals surface area contributed by atoms with Gasteiger partial charge in [-0.25, -0.2) is 0 Å². The second kappa shape index (κ2) is 8.27. The molecule has 0 aliphatic heterocycles. The highest BCUT2D eigenvalue weighted by molar-refractivity contribution is 6.74. The van der Waals surface area contributed by atoms with E-state index in [-0.39, 0.29) is 11.5 Å². The number of alkyl halides is 9. The van der Waals surface area contributed by atoms with Gasteiger partial charge in [0.1, 0.15) is 5.75 Å². The van der Waals surface area contributed by atoms with Crippen molar-refractivity contribution in [1.82, 2.24) is 0 Å². The zero-order valence-electron chi connectivity index (χ0n) is 17.2. The number of rotatable bonds is 8. The van der Waals surface area contributed by atoms with Crippen molar-refractivity contribution in [2.24, 2.45) is 0 Å². The van der Waals surface area contributed by atoms with Crippen LogP contribution in [-0.4, -0.2) is 32.3 Å². The van der Waals surface area contributed by atoms with Crippen molar-refractivity contribution in [2.75, 3.05) is 0 Å². The van der Waals surface area contributed by atoms with Crippen LogP contribution in [0.1, 0.15) is 39.2 Å². The van der Waals surface area contributed by atoms with Crippen LogP contribution in [0.2, 0.25) is 18.1 Å². The molecule has 0 radical (unpaired) electrons. The summed E-state index contributed by atoms with van der Waals surface area (Å²) in [7, 11) is -2.32. The number of halogens is 9. The van der Waals surface area contributed by atoms with Crippen LogP contribution in [0.5, 0.6) is 5.75 Å². The van der Waals surface area contributed by atoms with Crippen LogP contribution in [0.15, 0.2) is 24.3 Å². The molecule has 0 fully saturated rings. The van der Waals surface area contributed by atoms with E-state index in [1.54, 1.807) is 18.2 Å². The van der Waals surface area contributed by atoms with E-state index in [1.807, 2.05) is 33.9 Å². The summed E-state index contributed by atoms with van der Waals surface area (Å²) in [6.07, 6.45) is -9.65. The number of hydrogen-bond donors (Lipinski definition) is 0. The molecule has 0 N–H and O–H groups in total. The number of hydrogen-bond acceptors (Lipinski definition) is 1. The molecule has 0 amide bonds. The minimum Gasteiger partial charge on any atom is -0.543 e. The van der Waals surface area contributed by atoms with Crippen LogP contribution in [0.3, 0.4) is 0 Å². The van der Waals surface area contributed by atoms with Gasteiger partial charge in [0.05, 0.1) is 0 Å². The maximum atomic E-state index is 13.7. The second-order valence-corrected chi connectivity index (χ2v) is 13.4. The molecular weight excluding hydrogens is 443 g/mol. The van der Waals surface area contributed by atoms with Gasteiger partial charge in [-0.15, -0.1) is 0 Å². The van der Waals surface area contributed by atoms with Crippen LogP contribution in [0.25, 0.3) is 0 Å². The summed E-state index contributed by atoms with van der Waals surface area (Å²) in [5.74, 6) is -18.6. The standard InChI is InChI=1S/C19H25F9OSi/c1-15(2,3)30(4,5)29-14-11-7-6-9-13(14)10-8-12-16(20,21)17(22,23)18(24,25)19(26,27)28/h6-7,9,11H,8,10,12H2,1-5H3. The van der Waals surface area contributed by atoms with Crippen molar-refractivity contribution in [3.05, 3.63) is 29.8 Å². The third-order valence-electron chi connectivity index (χ3n) is 5.29. The van der Waals surface area contributed by atoms with Crippen LogP contribution in [0, 0.1) is 0 Å². The largest absolute Gasteiger partial charge is 0.543 e. The monoisotopic (exact) mass is 468 g/mol. The Kier molecular flexibility index (Phi) is 7.35. The smallest absolute Gasteiger partial charge is 0.460 e. The predicted molar refractivity (Wildman–Crippen MR) is 98.1 cm³/mol. The average Bonchev–Trinajstić information content (AvgIpc) is 2.53. The summed E-state index contributed by atoms with van der Waals surface area (Å²) in [5, 5.41) is -0.196. The minimum absolute atomic E-state index is 0.196. The fourth-order valence-corrected chi connectivity index (χ4v) is 3.36. The molecule has 0 bridgehead atoms. The van der Waals surface area contributed by atoms with E-state index in [2.05, 4.69) is 0 Å². The first kappa shape index (κ1) is 26.6. The van der Waals surface area contributed by atoms with Crippen LogP contribution < -0.4 is 4.43 Å². The highest BCUT2D eigenvalue weighted by Gasteiger charge is 2.81. The second-order valence-electron chi connectivity index (χ2n) is 8.67. The van der Waals surface area contributed by atoms with Gasteiger partial charge in [0.15, 0.2) is 0 Å². The minimum atomic E-state index is -6.85. The molecule has 1 nitrogen and oxygen atoms in total. The third-order valence-corrected chi connectivity index (χ3v) is 9.63. The SMILES string of the molecule is CC(C)(C)[Si](C)(C)Oc1ccccc1CCCC(F)(F)C(F)(F)C(F)(F)C(F)(F)F. The lowest BCUT2D eigenvalue weighted by molar-refractivity contribution is -0.396. The highest BCUT2D eigenvalue weighted by atomic mass is 28.4. The van der Waals surface area contributed by atoms with Gasteiger partial charge < -0.3 is 4.43 Å². The summed E-state index contributed by atoms with van der Waals surface area (Å²) in [6, 6.07) is 6.25. The highest BCUT2D eigenvalue weighted by Crippen LogP contribution is 2.54. The molecule has 11 heteroatoms. The molecule has 1 rings (SSSR count). The molecule has 0 unspecified atom stereocenters. The fraction of sp³-hybridized carbons (Fsp3) is 0.684. The number of para-hydroxylation sites is 1. The van der Waals surface area contributed by atoms with Gasteiger partial charge in [0, 0.05) is 6.42 Å². The Morgan fingerprint density at radius 3 is 1.77 bits per heavy atom. The third kappa shape index (κ3) is 5.26. The maximum Gasteiger partial charge on any atom is 0.460 e. The van der Waals surface area contributed by atoms with E-state index in [1.165, 1.54) is 6.07 Å². The zero-order valence-corrected chi connectivity index (χ0v) is 18.2. The van der Waals surface area contributed by atoms with Crippen LogP contribution in [0.4, 0.5) is 39.5 Å². The molecule has 174 valence electrons. The van der Waals surface area contributed by atoms with Gasteiger partial charge in [-0.2, -0.15) is 39.5 Å². The molecule has 0 aliphatic carbocycles. The summed E-state index contributed by atoms with van der Waals surface area (Å²) < 4.78 is 123. The molecule has 0 saturated heterocycles. The molecule has 1 aromatic carbocycles. The molecule has 1 aromatic rings. The average molecular weight is 468 g/mol. The Morgan fingerprint density at radius 2 is 1.30 bits per heavy atom. The normalized spacial score (nSPS) is 14.7. The number of benzene rings is 1. The van der Waals surface area contributed by atoms with E-state index in [9.17, 15) is 39.5 Å². The summed E-state index contributed by atoms with van der Waals surface area (Å²) in [6.45, 7) is 9.75. The number of aryl methyl sites for hydroxylation is 1. The Bertz CT molecular complexity index is 721. The molecule has 0 aromatic heterocycles. The molecule has 0 atom stereocenters. The Balaban J connectivity index is 2.97. The maximum absolute atomic E-state index is 13.7. The Morgan fingerprint density at radius 1 is 0.800 bits per heavy atom. The summed E-state index contributed by atoms with van der Waals surface area (Å²) in [5.41, 5.74) is 0.379. The van der Waals surface area contributed by atoms with Crippen molar-refractivity contribution in [3.8, 4) is 5.75 Å². The van der Waals surface area contributed by atoms with Gasteiger partial charge in [0.2, 0.25) is 8.32 Å². The van der Waals surface area contributed by atoms with Crippen LogP contribution in [-0.2, 0) is 6.42 Å². The van der Waals surface area contributed by atoms with Gasteiger partial charge >= 0.3 is 23.9 Å². The summed E-state index contributed by atoms with van der Waals surface area (Å²) in [4.78, 5) is 0. The van der Waals surface area contributed by atoms with Crippen LogP contribution >= 0.6 is 0 Å². The zero-order chi connectivity index (χ0) is 23.8. The topological polar surface area (TPSA) is 9.23 Å². The van der Waals surface area contributed by atoms with Crippen molar-refractivity contribution >= 4 is 8.32 Å². The molecule has 0 spiro atoms. The lowest BCUT2D eigenvalue weighted by Crippen LogP contribution is -2.60.